The summed E-state index contributed by atoms with van der Waals surface area (Å²) >= 11 is 1.68. The van der Waals surface area contributed by atoms with Crippen LogP contribution in [0.15, 0.2) is 65.6 Å². The number of aromatic hydroxyl groups is 1. The highest BCUT2D eigenvalue weighted by Crippen LogP contribution is 2.35. The van der Waals surface area contributed by atoms with Crippen LogP contribution in [0.25, 0.3) is 10.8 Å². The summed E-state index contributed by atoms with van der Waals surface area (Å²) in [5.41, 5.74) is 1.75. The number of fused-ring (bicyclic) bond motifs is 1. The van der Waals surface area contributed by atoms with Gasteiger partial charge in [0, 0.05) is 16.0 Å². The molecule has 0 saturated carbocycles. The molecule has 3 heteroatoms. The van der Waals surface area contributed by atoms with Gasteiger partial charge in [0.25, 0.3) is 0 Å². The fraction of sp³-hybridized carbons (Fsp3) is 0.0556. The van der Waals surface area contributed by atoms with Crippen LogP contribution in [0.3, 0.4) is 0 Å². The van der Waals surface area contributed by atoms with Gasteiger partial charge in [0.15, 0.2) is 0 Å². The lowest BCUT2D eigenvalue weighted by Gasteiger charge is -2.08. The van der Waals surface area contributed by atoms with Crippen LogP contribution in [-0.2, 0) is 5.75 Å². The molecule has 0 bridgehead atoms. The molecule has 0 aliphatic heterocycles. The largest absolute Gasteiger partial charge is 0.507 e. The lowest BCUT2D eigenvalue weighted by molar-refractivity contribution is 0.481. The number of phenolic OH excluding ortho intramolecular Hbond substituents is 1. The van der Waals surface area contributed by atoms with Crippen LogP contribution in [0.2, 0.25) is 0 Å². The van der Waals surface area contributed by atoms with Crippen LogP contribution in [0, 0.1) is 11.3 Å². The molecular weight excluding hydrogens is 278 g/mol. The topological polar surface area (TPSA) is 44.0 Å². The van der Waals surface area contributed by atoms with Gasteiger partial charge in [-0.25, -0.2) is 0 Å². The third-order valence-corrected chi connectivity index (χ3v) is 4.50. The molecule has 0 saturated heterocycles. The number of hydrogen-bond acceptors (Lipinski definition) is 3. The average Bonchev–Trinajstić information content (AvgIpc) is 2.55. The van der Waals surface area contributed by atoms with Gasteiger partial charge in [0.2, 0.25) is 0 Å². The van der Waals surface area contributed by atoms with E-state index >= 15 is 0 Å². The van der Waals surface area contributed by atoms with E-state index in [9.17, 15) is 5.11 Å². The predicted molar refractivity (Wildman–Crippen MR) is 86.3 cm³/mol. The molecular formula is C18H13NOS. The number of nitriles is 1. The van der Waals surface area contributed by atoms with E-state index in [1.54, 1.807) is 17.8 Å². The quantitative estimate of drug-likeness (QED) is 0.711. The van der Waals surface area contributed by atoms with Crippen LogP contribution in [0.1, 0.15) is 11.1 Å². The third-order valence-electron chi connectivity index (χ3n) is 3.38. The molecule has 21 heavy (non-hydrogen) atoms. The maximum absolute atomic E-state index is 9.91. The van der Waals surface area contributed by atoms with Gasteiger partial charge < -0.3 is 5.11 Å². The van der Waals surface area contributed by atoms with Gasteiger partial charge in [-0.2, -0.15) is 5.26 Å². The first-order valence-electron chi connectivity index (χ1n) is 6.61. The smallest absolute Gasteiger partial charge is 0.123 e. The van der Waals surface area contributed by atoms with Crippen LogP contribution in [0.5, 0.6) is 5.75 Å². The molecule has 0 aliphatic rings. The fourth-order valence-corrected chi connectivity index (χ4v) is 3.35. The highest BCUT2D eigenvalue weighted by molar-refractivity contribution is 7.98. The van der Waals surface area contributed by atoms with Crippen molar-refractivity contribution in [1.82, 2.24) is 0 Å². The van der Waals surface area contributed by atoms with E-state index in [-0.39, 0.29) is 0 Å². The van der Waals surface area contributed by atoms with E-state index in [1.807, 2.05) is 54.6 Å². The molecule has 0 aliphatic carbocycles. The Hall–Kier alpha value is -2.44. The number of nitrogens with zero attached hydrogens (tertiary/aromatic N) is 1. The van der Waals surface area contributed by atoms with Crippen LogP contribution in [0.4, 0.5) is 0 Å². The number of phenols is 1. The van der Waals surface area contributed by atoms with Gasteiger partial charge in [-0.15, -0.1) is 11.8 Å². The monoisotopic (exact) mass is 291 g/mol. The number of thioether (sulfide) groups is 1. The Morgan fingerprint density at radius 2 is 1.62 bits per heavy atom. The van der Waals surface area contributed by atoms with Crippen molar-refractivity contribution in [1.29, 1.82) is 5.26 Å². The second-order valence-electron chi connectivity index (χ2n) is 4.69. The molecule has 0 aromatic heterocycles. The molecule has 0 radical (unpaired) electrons. The van der Waals surface area contributed by atoms with Gasteiger partial charge in [-0.3, -0.25) is 0 Å². The van der Waals surface area contributed by atoms with Gasteiger partial charge in [-0.1, -0.05) is 42.5 Å². The third kappa shape index (κ3) is 2.72. The number of hydrogen-bond donors (Lipinski definition) is 1. The second-order valence-corrected chi connectivity index (χ2v) is 5.70. The lowest BCUT2D eigenvalue weighted by Crippen LogP contribution is -1.87. The molecule has 1 N–H and O–H groups in total. The first-order chi connectivity index (χ1) is 10.3. The Kier molecular flexibility index (Phi) is 3.81. The zero-order chi connectivity index (χ0) is 14.7. The minimum absolute atomic E-state index is 0.298. The molecule has 0 spiro atoms. The first-order valence-corrected chi connectivity index (χ1v) is 7.59. The number of benzene rings is 3. The van der Waals surface area contributed by atoms with Gasteiger partial charge >= 0.3 is 0 Å². The molecule has 3 aromatic carbocycles. The zero-order valence-electron chi connectivity index (χ0n) is 11.3. The van der Waals surface area contributed by atoms with Crippen molar-refractivity contribution in [2.75, 3.05) is 0 Å². The van der Waals surface area contributed by atoms with E-state index in [0.717, 1.165) is 27.0 Å². The van der Waals surface area contributed by atoms with Crippen molar-refractivity contribution in [3.8, 4) is 11.8 Å². The molecule has 0 unspecified atom stereocenters. The Labute approximate surface area is 127 Å². The molecule has 2 nitrogen and oxygen atoms in total. The predicted octanol–water partition coefficient (Wildman–Crippen LogP) is 4.71. The Bertz CT molecular complexity index is 836. The van der Waals surface area contributed by atoms with Crippen LogP contribution in [-0.4, -0.2) is 5.11 Å². The summed E-state index contributed by atoms with van der Waals surface area (Å²) in [6.07, 6.45) is 0. The second kappa shape index (κ2) is 5.90. The summed E-state index contributed by atoms with van der Waals surface area (Å²) in [6.45, 7) is 0. The van der Waals surface area contributed by atoms with E-state index in [4.69, 9.17) is 5.26 Å². The van der Waals surface area contributed by atoms with Gasteiger partial charge in [0.1, 0.15) is 5.75 Å². The summed E-state index contributed by atoms with van der Waals surface area (Å²) in [7, 11) is 0. The summed E-state index contributed by atoms with van der Waals surface area (Å²) in [5.74, 6) is 1.03. The van der Waals surface area contributed by atoms with Crippen molar-refractivity contribution in [2.24, 2.45) is 0 Å². The van der Waals surface area contributed by atoms with Crippen LogP contribution >= 0.6 is 11.8 Å². The molecule has 0 fully saturated rings. The Morgan fingerprint density at radius 3 is 2.43 bits per heavy atom. The van der Waals surface area contributed by atoms with E-state index in [1.165, 1.54) is 0 Å². The van der Waals surface area contributed by atoms with Crippen molar-refractivity contribution < 1.29 is 5.11 Å². The maximum atomic E-state index is 9.91. The van der Waals surface area contributed by atoms with Crippen molar-refractivity contribution >= 4 is 22.5 Å². The van der Waals surface area contributed by atoms with E-state index < -0.39 is 0 Å². The minimum atomic E-state index is 0.298. The van der Waals surface area contributed by atoms with E-state index in [0.29, 0.717) is 11.3 Å². The lowest BCUT2D eigenvalue weighted by atomic mass is 10.1. The molecule has 0 atom stereocenters. The molecule has 0 heterocycles. The van der Waals surface area contributed by atoms with Crippen molar-refractivity contribution in [3.63, 3.8) is 0 Å². The van der Waals surface area contributed by atoms with Crippen molar-refractivity contribution in [3.05, 3.63) is 71.8 Å². The SMILES string of the molecule is N#Cc1ccccc1CSc1ccc(O)c2ccccc12. The minimum Gasteiger partial charge on any atom is -0.507 e. The zero-order valence-corrected chi connectivity index (χ0v) is 12.1. The standard InChI is InChI=1S/C18H13NOS/c19-11-13-5-1-2-6-14(13)12-21-18-10-9-17(20)15-7-3-4-8-16(15)18/h1-10,20H,12H2. The normalized spacial score (nSPS) is 10.4. The first kappa shape index (κ1) is 13.5. The maximum Gasteiger partial charge on any atom is 0.123 e. The van der Waals surface area contributed by atoms with Gasteiger partial charge in [0.05, 0.1) is 11.6 Å². The van der Waals surface area contributed by atoms with E-state index in [2.05, 4.69) is 6.07 Å². The fourth-order valence-electron chi connectivity index (χ4n) is 2.29. The Balaban J connectivity index is 1.93. The van der Waals surface area contributed by atoms with Crippen LogP contribution < -0.4 is 0 Å². The molecule has 3 rings (SSSR count). The molecule has 102 valence electrons. The molecule has 3 aromatic rings. The summed E-state index contributed by atoms with van der Waals surface area (Å²) in [4.78, 5) is 1.11. The van der Waals surface area contributed by atoms with Gasteiger partial charge in [-0.05, 0) is 29.1 Å². The summed E-state index contributed by atoms with van der Waals surface area (Å²) in [6, 6.07) is 21.3. The average molecular weight is 291 g/mol. The highest BCUT2D eigenvalue weighted by Gasteiger charge is 2.07. The summed E-state index contributed by atoms with van der Waals surface area (Å²) in [5, 5.41) is 20.9. The highest BCUT2D eigenvalue weighted by atomic mass is 32.2. The van der Waals surface area contributed by atoms with Crippen molar-refractivity contribution in [2.45, 2.75) is 10.6 Å². The Morgan fingerprint density at radius 1 is 0.905 bits per heavy atom. The summed E-state index contributed by atoms with van der Waals surface area (Å²) < 4.78 is 0. The molecule has 0 amide bonds. The number of rotatable bonds is 3.